The number of benzene rings is 1. The molecule has 3 unspecified atom stereocenters. The molecule has 4 nitrogen and oxygen atoms in total. The minimum atomic E-state index is -0.495. The lowest BCUT2D eigenvalue weighted by Gasteiger charge is -2.39. The monoisotopic (exact) mass is 288 g/mol. The molecule has 2 bridgehead atoms. The number of hydrogen-bond donors (Lipinski definition) is 2. The molecule has 114 valence electrons. The first-order chi connectivity index (χ1) is 9.77. The minimum absolute atomic E-state index is 0.0917. The van der Waals surface area contributed by atoms with Crippen LogP contribution in [0.1, 0.15) is 50.4 Å². The predicted molar refractivity (Wildman–Crippen MR) is 83.0 cm³/mol. The molecule has 0 heterocycles. The van der Waals surface area contributed by atoms with Crippen molar-refractivity contribution in [2.75, 3.05) is 5.73 Å². The fourth-order valence-corrected chi connectivity index (χ4v) is 4.33. The number of nitrogens with two attached hydrogens (primary N) is 2. The van der Waals surface area contributed by atoms with Crippen molar-refractivity contribution in [3.8, 4) is 5.75 Å². The molecule has 0 spiro atoms. The summed E-state index contributed by atoms with van der Waals surface area (Å²) >= 11 is 0. The lowest BCUT2D eigenvalue weighted by Crippen LogP contribution is -2.39. The molecule has 1 aromatic carbocycles. The van der Waals surface area contributed by atoms with Crippen molar-refractivity contribution in [3.05, 3.63) is 23.8 Å². The largest absolute Gasteiger partial charge is 0.487 e. The molecular formula is C17H24N2O2. The highest BCUT2D eigenvalue weighted by Crippen LogP contribution is 2.66. The summed E-state index contributed by atoms with van der Waals surface area (Å²) in [6.07, 6.45) is 3.54. The Morgan fingerprint density at radius 3 is 2.57 bits per heavy atom. The van der Waals surface area contributed by atoms with Crippen LogP contribution in [-0.4, -0.2) is 12.0 Å². The molecule has 2 aliphatic carbocycles. The molecule has 0 aliphatic heterocycles. The first kappa shape index (κ1) is 14.2. The highest BCUT2D eigenvalue weighted by molar-refractivity contribution is 5.97. The Morgan fingerprint density at radius 1 is 1.33 bits per heavy atom. The Labute approximate surface area is 125 Å². The van der Waals surface area contributed by atoms with Crippen molar-refractivity contribution in [2.45, 2.75) is 46.1 Å². The molecule has 0 radical (unpaired) electrons. The van der Waals surface area contributed by atoms with Crippen LogP contribution in [0.25, 0.3) is 0 Å². The lowest BCUT2D eigenvalue weighted by atomic mass is 9.70. The number of fused-ring (bicyclic) bond motifs is 2. The molecule has 21 heavy (non-hydrogen) atoms. The van der Waals surface area contributed by atoms with E-state index in [0.717, 1.165) is 12.8 Å². The van der Waals surface area contributed by atoms with Crippen LogP contribution < -0.4 is 16.2 Å². The van der Waals surface area contributed by atoms with Gasteiger partial charge in [-0.2, -0.15) is 0 Å². The van der Waals surface area contributed by atoms with E-state index in [0.29, 0.717) is 22.9 Å². The summed E-state index contributed by atoms with van der Waals surface area (Å²) in [5, 5.41) is 0. The third kappa shape index (κ3) is 1.84. The van der Waals surface area contributed by atoms with Gasteiger partial charge in [-0.25, -0.2) is 0 Å². The van der Waals surface area contributed by atoms with Gasteiger partial charge in [-0.3, -0.25) is 4.79 Å². The maximum Gasteiger partial charge on any atom is 0.252 e. The molecule has 0 saturated heterocycles. The number of ether oxygens (including phenoxy) is 1. The Balaban J connectivity index is 1.95. The van der Waals surface area contributed by atoms with E-state index < -0.39 is 5.91 Å². The van der Waals surface area contributed by atoms with Crippen LogP contribution in [0.3, 0.4) is 0 Å². The topological polar surface area (TPSA) is 78.3 Å². The smallest absolute Gasteiger partial charge is 0.252 e. The van der Waals surface area contributed by atoms with Crippen molar-refractivity contribution in [1.82, 2.24) is 0 Å². The summed E-state index contributed by atoms with van der Waals surface area (Å²) in [6.45, 7) is 6.96. The molecule has 2 aliphatic rings. The van der Waals surface area contributed by atoms with Crippen LogP contribution in [0.2, 0.25) is 0 Å². The molecule has 2 saturated carbocycles. The van der Waals surface area contributed by atoms with E-state index in [1.165, 1.54) is 6.42 Å². The summed E-state index contributed by atoms with van der Waals surface area (Å²) in [6, 6.07) is 5.16. The van der Waals surface area contributed by atoms with Crippen molar-refractivity contribution in [1.29, 1.82) is 0 Å². The lowest BCUT2D eigenvalue weighted by molar-refractivity contribution is 0.0301. The van der Waals surface area contributed by atoms with Gasteiger partial charge >= 0.3 is 0 Å². The molecular weight excluding hydrogens is 264 g/mol. The molecule has 1 amide bonds. The number of rotatable bonds is 3. The molecule has 0 aromatic heterocycles. The SMILES string of the molecule is CC1(C)C2CCC1(C)C(Oc1c(N)cccc1C(N)=O)C2. The maximum absolute atomic E-state index is 11.6. The quantitative estimate of drug-likeness (QED) is 0.839. The number of primary amides is 1. The zero-order chi connectivity index (χ0) is 15.4. The maximum atomic E-state index is 11.6. The Kier molecular flexibility index (Phi) is 2.98. The number of nitrogen functional groups attached to an aromatic ring is 1. The van der Waals surface area contributed by atoms with Gasteiger partial charge < -0.3 is 16.2 Å². The van der Waals surface area contributed by atoms with Gasteiger partial charge in [-0.05, 0) is 42.7 Å². The van der Waals surface area contributed by atoms with E-state index in [1.807, 2.05) is 0 Å². The molecule has 1 aromatic rings. The van der Waals surface area contributed by atoms with Crippen LogP contribution in [-0.2, 0) is 0 Å². The van der Waals surface area contributed by atoms with Gasteiger partial charge in [0, 0.05) is 5.41 Å². The van der Waals surface area contributed by atoms with Gasteiger partial charge in [-0.1, -0.05) is 26.8 Å². The number of carbonyl (C=O) groups is 1. The average molecular weight is 288 g/mol. The molecule has 3 rings (SSSR count). The number of hydrogen-bond acceptors (Lipinski definition) is 3. The summed E-state index contributed by atoms with van der Waals surface area (Å²) in [5.74, 6) is 0.638. The number of carbonyl (C=O) groups excluding carboxylic acids is 1. The van der Waals surface area contributed by atoms with Crippen LogP contribution in [0.15, 0.2) is 18.2 Å². The fraction of sp³-hybridized carbons (Fsp3) is 0.588. The second-order valence-corrected chi connectivity index (χ2v) is 7.31. The Morgan fingerprint density at radius 2 is 2.05 bits per heavy atom. The van der Waals surface area contributed by atoms with Crippen molar-refractivity contribution in [2.24, 2.45) is 22.5 Å². The van der Waals surface area contributed by atoms with Crippen LogP contribution in [0.4, 0.5) is 5.69 Å². The summed E-state index contributed by atoms with van der Waals surface area (Å²) < 4.78 is 6.25. The van der Waals surface area contributed by atoms with Crippen LogP contribution in [0.5, 0.6) is 5.75 Å². The summed E-state index contributed by atoms with van der Waals surface area (Å²) in [5.41, 5.74) is 12.7. The van der Waals surface area contributed by atoms with Gasteiger partial charge in [0.1, 0.15) is 6.10 Å². The summed E-state index contributed by atoms with van der Waals surface area (Å²) in [7, 11) is 0. The third-order valence-electron chi connectivity index (χ3n) is 6.29. The standard InChI is InChI=1S/C17H24N2O2/c1-16(2)10-7-8-17(16,3)13(9-10)21-14-11(15(19)20)5-4-6-12(14)18/h4-6,10,13H,7-9,18H2,1-3H3,(H2,19,20). The van der Waals surface area contributed by atoms with Gasteiger partial charge in [-0.15, -0.1) is 0 Å². The normalized spacial score (nSPS) is 33.1. The highest BCUT2D eigenvalue weighted by atomic mass is 16.5. The summed E-state index contributed by atoms with van der Waals surface area (Å²) in [4.78, 5) is 11.6. The highest BCUT2D eigenvalue weighted by Gasteiger charge is 2.62. The van der Waals surface area contributed by atoms with Gasteiger partial charge in [0.05, 0.1) is 11.3 Å². The minimum Gasteiger partial charge on any atom is -0.487 e. The molecule has 2 fully saturated rings. The number of para-hydroxylation sites is 1. The average Bonchev–Trinajstić information content (AvgIpc) is 2.73. The Bertz CT molecular complexity index is 596. The van der Waals surface area contributed by atoms with E-state index in [1.54, 1.807) is 18.2 Å². The third-order valence-corrected chi connectivity index (χ3v) is 6.29. The number of amides is 1. The van der Waals surface area contributed by atoms with E-state index in [2.05, 4.69) is 20.8 Å². The van der Waals surface area contributed by atoms with Crippen molar-refractivity contribution < 1.29 is 9.53 Å². The zero-order valence-electron chi connectivity index (χ0n) is 13.0. The van der Waals surface area contributed by atoms with Crippen molar-refractivity contribution >= 4 is 11.6 Å². The predicted octanol–water partition coefficient (Wildman–Crippen LogP) is 2.96. The zero-order valence-corrected chi connectivity index (χ0v) is 13.0. The van der Waals surface area contributed by atoms with E-state index in [9.17, 15) is 4.79 Å². The van der Waals surface area contributed by atoms with Gasteiger partial charge in [0.15, 0.2) is 5.75 Å². The van der Waals surface area contributed by atoms with Crippen LogP contribution >= 0.6 is 0 Å². The molecule has 4 N–H and O–H groups in total. The first-order valence-corrected chi connectivity index (χ1v) is 7.62. The van der Waals surface area contributed by atoms with Crippen molar-refractivity contribution in [3.63, 3.8) is 0 Å². The first-order valence-electron chi connectivity index (χ1n) is 7.62. The van der Waals surface area contributed by atoms with E-state index in [-0.39, 0.29) is 16.9 Å². The molecule has 3 atom stereocenters. The van der Waals surface area contributed by atoms with Gasteiger partial charge in [0.25, 0.3) is 5.91 Å². The Hall–Kier alpha value is -1.71. The van der Waals surface area contributed by atoms with E-state index >= 15 is 0 Å². The fourth-order valence-electron chi connectivity index (χ4n) is 4.33. The van der Waals surface area contributed by atoms with Crippen LogP contribution in [0, 0.1) is 16.7 Å². The number of anilines is 1. The second-order valence-electron chi connectivity index (χ2n) is 7.31. The van der Waals surface area contributed by atoms with E-state index in [4.69, 9.17) is 16.2 Å². The van der Waals surface area contributed by atoms with Gasteiger partial charge in [0.2, 0.25) is 0 Å². The second kappa shape index (κ2) is 4.39. The molecule has 4 heteroatoms.